The smallest absolute Gasteiger partial charge is 0.227 e. The van der Waals surface area contributed by atoms with Crippen LogP contribution in [-0.2, 0) is 24.3 Å². The maximum Gasteiger partial charge on any atom is 0.227 e. The minimum absolute atomic E-state index is 0.200. The van der Waals surface area contributed by atoms with Crippen LogP contribution in [-0.4, -0.2) is 48.6 Å². The number of rotatable bonds is 6. The predicted molar refractivity (Wildman–Crippen MR) is 144 cm³/mol. The van der Waals surface area contributed by atoms with Crippen molar-refractivity contribution in [2.75, 3.05) is 32.8 Å². The SMILES string of the molecule is CCOc1cccc2c1OCCCCCN(C(=O)Cc1ccccc1)CCN(Cc1ccccc1)C2. The van der Waals surface area contributed by atoms with E-state index in [2.05, 4.69) is 40.1 Å². The van der Waals surface area contributed by atoms with Crippen LogP contribution in [0.1, 0.15) is 42.9 Å². The third-order valence-electron chi connectivity index (χ3n) is 6.56. The van der Waals surface area contributed by atoms with Gasteiger partial charge in [0.05, 0.1) is 19.6 Å². The Morgan fingerprint density at radius 2 is 1.58 bits per heavy atom. The highest BCUT2D eigenvalue weighted by Gasteiger charge is 2.19. The first-order valence-electron chi connectivity index (χ1n) is 13.2. The van der Waals surface area contributed by atoms with Gasteiger partial charge in [-0.25, -0.2) is 0 Å². The number of hydrogen-bond acceptors (Lipinski definition) is 4. The maximum absolute atomic E-state index is 13.3. The van der Waals surface area contributed by atoms with Gasteiger partial charge in [0, 0.05) is 38.3 Å². The lowest BCUT2D eigenvalue weighted by Gasteiger charge is -2.28. The molecule has 0 radical (unpaired) electrons. The Bertz CT molecular complexity index is 1070. The quantitative estimate of drug-likeness (QED) is 0.447. The summed E-state index contributed by atoms with van der Waals surface area (Å²) in [6, 6.07) is 26.7. The molecule has 0 atom stereocenters. The van der Waals surface area contributed by atoms with E-state index in [4.69, 9.17) is 9.47 Å². The number of carbonyl (C=O) groups is 1. The van der Waals surface area contributed by atoms with E-state index in [9.17, 15) is 4.79 Å². The van der Waals surface area contributed by atoms with Gasteiger partial charge in [0.25, 0.3) is 0 Å². The van der Waals surface area contributed by atoms with Crippen molar-refractivity contribution in [3.8, 4) is 11.5 Å². The van der Waals surface area contributed by atoms with Gasteiger partial charge in [-0.1, -0.05) is 72.8 Å². The second kappa shape index (κ2) is 13.7. The number of amides is 1. The molecule has 5 nitrogen and oxygen atoms in total. The van der Waals surface area contributed by atoms with Gasteiger partial charge in [-0.15, -0.1) is 0 Å². The van der Waals surface area contributed by atoms with Crippen molar-refractivity contribution in [2.45, 2.75) is 45.7 Å². The Hall–Kier alpha value is -3.31. The largest absolute Gasteiger partial charge is 0.490 e. The van der Waals surface area contributed by atoms with Crippen molar-refractivity contribution in [3.05, 3.63) is 95.6 Å². The van der Waals surface area contributed by atoms with Crippen LogP contribution in [0, 0.1) is 0 Å². The minimum atomic E-state index is 0.200. The van der Waals surface area contributed by atoms with Crippen LogP contribution in [0.4, 0.5) is 0 Å². The maximum atomic E-state index is 13.3. The molecule has 1 amide bonds. The zero-order chi connectivity index (χ0) is 25.0. The molecular weight excluding hydrogens is 448 g/mol. The molecule has 0 saturated heterocycles. The van der Waals surface area contributed by atoms with E-state index in [1.54, 1.807) is 0 Å². The molecule has 3 aromatic rings. The average Bonchev–Trinajstić information content (AvgIpc) is 2.91. The molecule has 1 aliphatic rings. The van der Waals surface area contributed by atoms with Gasteiger partial charge in [0.1, 0.15) is 0 Å². The third kappa shape index (κ3) is 7.59. The Morgan fingerprint density at radius 3 is 2.33 bits per heavy atom. The summed E-state index contributed by atoms with van der Waals surface area (Å²) in [6.07, 6.45) is 3.40. The highest BCUT2D eigenvalue weighted by molar-refractivity contribution is 5.78. The molecule has 0 bridgehead atoms. The number of para-hydroxylation sites is 1. The second-order valence-corrected chi connectivity index (χ2v) is 9.33. The van der Waals surface area contributed by atoms with Crippen LogP contribution in [0.15, 0.2) is 78.9 Å². The molecule has 190 valence electrons. The summed E-state index contributed by atoms with van der Waals surface area (Å²) in [6.45, 7) is 7.06. The topological polar surface area (TPSA) is 42.0 Å². The van der Waals surface area contributed by atoms with Crippen molar-refractivity contribution in [1.29, 1.82) is 0 Å². The molecule has 0 fully saturated rings. The van der Waals surface area contributed by atoms with E-state index in [-0.39, 0.29) is 5.91 Å². The van der Waals surface area contributed by atoms with Gasteiger partial charge in [-0.05, 0) is 43.4 Å². The zero-order valence-corrected chi connectivity index (χ0v) is 21.4. The van der Waals surface area contributed by atoms with E-state index in [0.29, 0.717) is 26.2 Å². The van der Waals surface area contributed by atoms with Crippen molar-refractivity contribution in [2.24, 2.45) is 0 Å². The fourth-order valence-electron chi connectivity index (χ4n) is 4.68. The number of nitrogens with zero attached hydrogens (tertiary/aromatic N) is 2. The molecule has 0 spiro atoms. The van der Waals surface area contributed by atoms with Gasteiger partial charge in [-0.2, -0.15) is 0 Å². The van der Waals surface area contributed by atoms with Gasteiger partial charge in [0.15, 0.2) is 11.5 Å². The standard InChI is InChI=1S/C31H38N2O3/c1-2-35-29-18-12-17-28-25-32(24-27-15-8-4-9-16-27)20-21-33(19-10-5-11-22-36-31(28)29)30(34)23-26-13-6-3-7-14-26/h3-4,6-9,12-18H,2,5,10-11,19-25H2,1H3. The summed E-state index contributed by atoms with van der Waals surface area (Å²) in [5.41, 5.74) is 3.45. The van der Waals surface area contributed by atoms with Gasteiger partial charge in [-0.3, -0.25) is 9.69 Å². The van der Waals surface area contributed by atoms with Crippen LogP contribution in [0.3, 0.4) is 0 Å². The highest BCUT2D eigenvalue weighted by atomic mass is 16.5. The molecule has 3 aromatic carbocycles. The van der Waals surface area contributed by atoms with E-state index in [1.807, 2.05) is 55.5 Å². The first-order chi connectivity index (χ1) is 17.7. The molecule has 0 aliphatic carbocycles. The van der Waals surface area contributed by atoms with E-state index in [1.165, 1.54) is 5.56 Å². The Morgan fingerprint density at radius 1 is 0.833 bits per heavy atom. The van der Waals surface area contributed by atoms with E-state index in [0.717, 1.165) is 68.1 Å². The number of fused-ring (bicyclic) bond motifs is 1. The van der Waals surface area contributed by atoms with Crippen molar-refractivity contribution in [1.82, 2.24) is 9.80 Å². The molecule has 0 aromatic heterocycles. The molecule has 0 unspecified atom stereocenters. The zero-order valence-electron chi connectivity index (χ0n) is 21.4. The fraction of sp³-hybridized carbons (Fsp3) is 0.387. The number of carbonyl (C=O) groups excluding carboxylic acids is 1. The summed E-state index contributed by atoms with van der Waals surface area (Å²) in [4.78, 5) is 17.8. The molecule has 4 rings (SSSR count). The van der Waals surface area contributed by atoms with Crippen molar-refractivity contribution >= 4 is 5.91 Å². The second-order valence-electron chi connectivity index (χ2n) is 9.33. The molecule has 0 N–H and O–H groups in total. The van der Waals surface area contributed by atoms with E-state index >= 15 is 0 Å². The molecular formula is C31H38N2O3. The highest BCUT2D eigenvalue weighted by Crippen LogP contribution is 2.33. The van der Waals surface area contributed by atoms with Crippen molar-refractivity contribution < 1.29 is 14.3 Å². The summed E-state index contributed by atoms with van der Waals surface area (Å²) >= 11 is 0. The minimum Gasteiger partial charge on any atom is -0.490 e. The molecule has 0 saturated carbocycles. The van der Waals surface area contributed by atoms with E-state index < -0.39 is 0 Å². The Labute approximate surface area is 215 Å². The normalized spacial score (nSPS) is 15.5. The van der Waals surface area contributed by atoms with Crippen LogP contribution >= 0.6 is 0 Å². The van der Waals surface area contributed by atoms with Crippen LogP contribution in [0.25, 0.3) is 0 Å². The monoisotopic (exact) mass is 486 g/mol. The van der Waals surface area contributed by atoms with Gasteiger partial charge in [0.2, 0.25) is 5.91 Å². The van der Waals surface area contributed by atoms with Gasteiger partial charge >= 0.3 is 0 Å². The van der Waals surface area contributed by atoms with Crippen LogP contribution in [0.2, 0.25) is 0 Å². The molecule has 5 heteroatoms. The first-order valence-corrected chi connectivity index (χ1v) is 13.2. The lowest BCUT2D eigenvalue weighted by molar-refractivity contribution is -0.130. The Kier molecular flexibility index (Phi) is 9.80. The number of benzene rings is 3. The number of hydrogen-bond donors (Lipinski definition) is 0. The summed E-state index contributed by atoms with van der Waals surface area (Å²) in [5, 5.41) is 0. The van der Waals surface area contributed by atoms with Gasteiger partial charge < -0.3 is 14.4 Å². The summed E-state index contributed by atoms with van der Waals surface area (Å²) in [5.74, 6) is 1.86. The molecule has 1 heterocycles. The predicted octanol–water partition coefficient (Wildman–Crippen LogP) is 5.72. The lowest BCUT2D eigenvalue weighted by Crippen LogP contribution is -2.39. The average molecular weight is 487 g/mol. The van der Waals surface area contributed by atoms with Crippen LogP contribution < -0.4 is 9.47 Å². The van der Waals surface area contributed by atoms with Crippen molar-refractivity contribution in [3.63, 3.8) is 0 Å². The Balaban J connectivity index is 1.56. The molecule has 36 heavy (non-hydrogen) atoms. The first kappa shape index (κ1) is 25.8. The summed E-state index contributed by atoms with van der Waals surface area (Å²) in [7, 11) is 0. The number of ether oxygens (including phenoxy) is 2. The fourth-order valence-corrected chi connectivity index (χ4v) is 4.68. The molecule has 1 aliphatic heterocycles. The lowest BCUT2D eigenvalue weighted by atomic mass is 10.1. The third-order valence-corrected chi connectivity index (χ3v) is 6.56. The van der Waals surface area contributed by atoms with Crippen LogP contribution in [0.5, 0.6) is 11.5 Å². The summed E-state index contributed by atoms with van der Waals surface area (Å²) < 4.78 is 12.2.